The molecule has 0 radical (unpaired) electrons. The zero-order valence-corrected chi connectivity index (χ0v) is 7.73. The van der Waals surface area contributed by atoms with Gasteiger partial charge in [-0.05, 0) is 17.7 Å². The number of hydrogen-bond donors (Lipinski definition) is 1. The van der Waals surface area contributed by atoms with Gasteiger partial charge in [0.25, 0.3) is 6.43 Å². The molecular weight excluding hydrogens is 236 g/mol. The second-order valence-electron chi connectivity index (χ2n) is 3.10. The Balaban J connectivity index is 3.09. The fourth-order valence-electron chi connectivity index (χ4n) is 1.11. The van der Waals surface area contributed by atoms with Gasteiger partial charge in [0, 0.05) is 0 Å². The van der Waals surface area contributed by atoms with E-state index >= 15 is 0 Å². The van der Waals surface area contributed by atoms with Gasteiger partial charge in [0.15, 0.2) is 0 Å². The summed E-state index contributed by atoms with van der Waals surface area (Å²) >= 11 is 0. The molecule has 16 heavy (non-hydrogen) atoms. The summed E-state index contributed by atoms with van der Waals surface area (Å²) in [5.41, 5.74) is 3.09. The highest BCUT2D eigenvalue weighted by Crippen LogP contribution is 2.32. The molecule has 90 valence electrons. The third-order valence-corrected chi connectivity index (χ3v) is 1.95. The third kappa shape index (κ3) is 2.66. The summed E-state index contributed by atoms with van der Waals surface area (Å²) in [5, 5.41) is 0. The summed E-state index contributed by atoms with van der Waals surface area (Å²) in [6, 6.07) is -0.285. The van der Waals surface area contributed by atoms with Gasteiger partial charge in [0.2, 0.25) is 0 Å². The molecule has 1 aromatic rings. The SMILES string of the molecule is N[C@@H](c1ccc(C(F)(F)F)c(F)c1)C(F)F. The molecule has 1 nitrogen and oxygen atoms in total. The van der Waals surface area contributed by atoms with Crippen molar-refractivity contribution in [3.63, 3.8) is 0 Å². The number of rotatable bonds is 2. The lowest BCUT2D eigenvalue weighted by Gasteiger charge is -2.13. The van der Waals surface area contributed by atoms with Crippen LogP contribution in [0, 0.1) is 5.82 Å². The Morgan fingerprint density at radius 2 is 1.69 bits per heavy atom. The average molecular weight is 243 g/mol. The van der Waals surface area contributed by atoms with Crippen LogP contribution in [0.3, 0.4) is 0 Å². The molecule has 1 atom stereocenters. The van der Waals surface area contributed by atoms with Gasteiger partial charge in [0.1, 0.15) is 5.82 Å². The summed E-state index contributed by atoms with van der Waals surface area (Å²) in [5.74, 6) is -1.61. The van der Waals surface area contributed by atoms with Crippen molar-refractivity contribution in [2.24, 2.45) is 5.73 Å². The molecule has 7 heteroatoms. The van der Waals surface area contributed by atoms with Gasteiger partial charge in [0.05, 0.1) is 11.6 Å². The Hall–Kier alpha value is -1.24. The van der Waals surface area contributed by atoms with Crippen LogP contribution in [0.15, 0.2) is 18.2 Å². The van der Waals surface area contributed by atoms with Gasteiger partial charge in [-0.25, -0.2) is 13.2 Å². The first-order valence-electron chi connectivity index (χ1n) is 4.14. The topological polar surface area (TPSA) is 26.0 Å². The van der Waals surface area contributed by atoms with Crippen molar-refractivity contribution in [1.29, 1.82) is 0 Å². The first-order chi connectivity index (χ1) is 7.23. The summed E-state index contributed by atoms with van der Waals surface area (Å²) in [7, 11) is 0. The van der Waals surface area contributed by atoms with E-state index in [9.17, 15) is 26.3 Å². The Labute approximate surface area is 86.9 Å². The first kappa shape index (κ1) is 12.8. The molecule has 0 amide bonds. The highest BCUT2D eigenvalue weighted by Gasteiger charge is 2.34. The fraction of sp³-hybridized carbons (Fsp3) is 0.333. The lowest BCUT2D eigenvalue weighted by atomic mass is 10.1. The minimum Gasteiger partial charge on any atom is -0.319 e. The predicted octanol–water partition coefficient (Wildman–Crippen LogP) is 3.11. The van der Waals surface area contributed by atoms with Gasteiger partial charge in [-0.2, -0.15) is 13.2 Å². The van der Waals surface area contributed by atoms with Crippen molar-refractivity contribution < 1.29 is 26.3 Å². The largest absolute Gasteiger partial charge is 0.419 e. The summed E-state index contributed by atoms with van der Waals surface area (Å²) in [4.78, 5) is 0. The van der Waals surface area contributed by atoms with Gasteiger partial charge in [-0.15, -0.1) is 0 Å². The normalized spacial score (nSPS) is 14.2. The molecule has 1 aromatic carbocycles. The molecule has 0 saturated carbocycles. The molecule has 0 unspecified atom stereocenters. The number of halogens is 6. The van der Waals surface area contributed by atoms with Crippen LogP contribution < -0.4 is 5.73 Å². The average Bonchev–Trinajstić information content (AvgIpc) is 2.14. The second-order valence-corrected chi connectivity index (χ2v) is 3.10. The minimum absolute atomic E-state index is 0.375. The van der Waals surface area contributed by atoms with E-state index in [0.717, 1.165) is 6.07 Å². The zero-order chi connectivity index (χ0) is 12.5. The molecule has 0 aromatic heterocycles. The summed E-state index contributed by atoms with van der Waals surface area (Å²) in [6.07, 6.45) is -7.81. The van der Waals surface area contributed by atoms with E-state index in [1.54, 1.807) is 0 Å². The van der Waals surface area contributed by atoms with E-state index in [4.69, 9.17) is 5.73 Å². The predicted molar refractivity (Wildman–Crippen MR) is 44.3 cm³/mol. The molecule has 0 fully saturated rings. The van der Waals surface area contributed by atoms with Crippen LogP contribution in [-0.2, 0) is 6.18 Å². The van der Waals surface area contributed by atoms with Crippen molar-refractivity contribution in [1.82, 2.24) is 0 Å². The van der Waals surface area contributed by atoms with E-state index < -0.39 is 30.0 Å². The summed E-state index contributed by atoms with van der Waals surface area (Å²) in [6.45, 7) is 0. The van der Waals surface area contributed by atoms with Gasteiger partial charge >= 0.3 is 6.18 Å². The van der Waals surface area contributed by atoms with Crippen molar-refractivity contribution in [2.75, 3.05) is 0 Å². The van der Waals surface area contributed by atoms with Gasteiger partial charge < -0.3 is 5.73 Å². The van der Waals surface area contributed by atoms with Gasteiger partial charge in [-0.1, -0.05) is 6.07 Å². The van der Waals surface area contributed by atoms with Gasteiger partial charge in [-0.3, -0.25) is 0 Å². The van der Waals surface area contributed by atoms with Crippen LogP contribution in [0.5, 0.6) is 0 Å². The van der Waals surface area contributed by atoms with Crippen LogP contribution >= 0.6 is 0 Å². The number of hydrogen-bond acceptors (Lipinski definition) is 1. The van der Waals surface area contributed by atoms with Crippen molar-refractivity contribution >= 4 is 0 Å². The highest BCUT2D eigenvalue weighted by molar-refractivity contribution is 5.28. The smallest absolute Gasteiger partial charge is 0.319 e. The number of benzene rings is 1. The van der Waals surface area contributed by atoms with Crippen molar-refractivity contribution in [3.8, 4) is 0 Å². The maximum Gasteiger partial charge on any atom is 0.419 e. The maximum absolute atomic E-state index is 12.9. The number of alkyl halides is 5. The molecule has 0 bridgehead atoms. The Kier molecular flexibility index (Phi) is 3.47. The first-order valence-corrected chi connectivity index (χ1v) is 4.14. The Morgan fingerprint density at radius 1 is 1.12 bits per heavy atom. The molecule has 0 aliphatic rings. The van der Waals surface area contributed by atoms with Crippen LogP contribution in [0.1, 0.15) is 17.2 Å². The third-order valence-electron chi connectivity index (χ3n) is 1.95. The van der Waals surface area contributed by atoms with E-state index in [-0.39, 0.29) is 5.56 Å². The standard InChI is InChI=1S/C9H7F6N/c10-6-3-4(7(16)8(11)12)1-2-5(6)9(13,14)15/h1-3,7-8H,16H2/t7-/m0/s1. The lowest BCUT2D eigenvalue weighted by Crippen LogP contribution is -2.19. The van der Waals surface area contributed by atoms with E-state index in [1.165, 1.54) is 0 Å². The number of nitrogens with two attached hydrogens (primary N) is 1. The fourth-order valence-corrected chi connectivity index (χ4v) is 1.11. The molecule has 0 heterocycles. The van der Waals surface area contributed by atoms with Crippen LogP contribution in [-0.4, -0.2) is 6.43 Å². The minimum atomic E-state index is -4.85. The molecule has 0 saturated heterocycles. The molecular formula is C9H7F6N. The molecule has 2 N–H and O–H groups in total. The van der Waals surface area contributed by atoms with E-state index in [1.807, 2.05) is 0 Å². The molecule has 0 aliphatic heterocycles. The van der Waals surface area contributed by atoms with E-state index in [2.05, 4.69) is 0 Å². The highest BCUT2D eigenvalue weighted by atomic mass is 19.4. The monoisotopic (exact) mass is 243 g/mol. The second kappa shape index (κ2) is 4.32. The van der Waals surface area contributed by atoms with Crippen molar-refractivity contribution in [2.45, 2.75) is 18.6 Å². The zero-order valence-electron chi connectivity index (χ0n) is 7.73. The Bertz CT molecular complexity index is 373. The quantitative estimate of drug-likeness (QED) is 0.793. The summed E-state index contributed by atoms with van der Waals surface area (Å²) < 4.78 is 73.5. The molecule has 0 spiro atoms. The maximum atomic E-state index is 12.9. The van der Waals surface area contributed by atoms with Crippen LogP contribution in [0.25, 0.3) is 0 Å². The van der Waals surface area contributed by atoms with Crippen molar-refractivity contribution in [3.05, 3.63) is 35.1 Å². The van der Waals surface area contributed by atoms with Crippen LogP contribution in [0.2, 0.25) is 0 Å². The Morgan fingerprint density at radius 3 is 2.06 bits per heavy atom. The molecule has 1 rings (SSSR count). The lowest BCUT2D eigenvalue weighted by molar-refractivity contribution is -0.140. The molecule has 0 aliphatic carbocycles. The van der Waals surface area contributed by atoms with E-state index in [0.29, 0.717) is 12.1 Å². The van der Waals surface area contributed by atoms with Crippen LogP contribution in [0.4, 0.5) is 26.3 Å².